The van der Waals surface area contributed by atoms with Crippen LogP contribution in [0.2, 0.25) is 0 Å². The van der Waals surface area contributed by atoms with E-state index in [0.717, 1.165) is 0 Å². The van der Waals surface area contributed by atoms with Gasteiger partial charge in [-0.1, -0.05) is 53.4 Å². The van der Waals surface area contributed by atoms with Gasteiger partial charge in [-0.05, 0) is 25.7 Å². The number of carboxylic acid groups (broad SMARTS) is 1. The van der Waals surface area contributed by atoms with Crippen LogP contribution in [0.1, 0.15) is 79.1 Å². The Morgan fingerprint density at radius 2 is 0.727 bits per heavy atom. The molecule has 0 aromatic carbocycles. The summed E-state index contributed by atoms with van der Waals surface area (Å²) in [7, 11) is 0. The molecule has 0 spiro atoms. The molecule has 0 amide bonds. The van der Waals surface area contributed by atoms with Gasteiger partial charge in [0.15, 0.2) is 0 Å². The highest BCUT2D eigenvalue weighted by Crippen LogP contribution is 2.62. The minimum Gasteiger partial charge on any atom is -0.544 e. The van der Waals surface area contributed by atoms with Crippen LogP contribution in [0, 0.1) is 0 Å². The zero-order chi connectivity index (χ0) is 34.1. The molecule has 0 aliphatic heterocycles. The number of nitrogens with zero attached hydrogens (tertiary/aromatic N) is 1. The third-order valence-corrected chi connectivity index (χ3v) is 6.53. The molecule has 0 rings (SSSR count). The third-order valence-electron chi connectivity index (χ3n) is 6.53. The van der Waals surface area contributed by atoms with Crippen molar-refractivity contribution in [1.29, 1.82) is 0 Å². The maximum Gasteiger partial charge on any atom is 0.460 e. The van der Waals surface area contributed by atoms with Gasteiger partial charge >= 0.3 is 41.7 Å². The quantitative estimate of drug-likeness (QED) is 0.112. The minimum atomic E-state index is -8.50. The van der Waals surface area contributed by atoms with Gasteiger partial charge in [-0.3, -0.25) is 0 Å². The Kier molecular flexibility index (Phi) is 20.6. The van der Waals surface area contributed by atoms with E-state index in [0.29, 0.717) is 0 Å². The largest absolute Gasteiger partial charge is 0.544 e. The summed E-state index contributed by atoms with van der Waals surface area (Å²) in [5, 5.41) is 9.61. The lowest BCUT2D eigenvalue weighted by atomic mass is 9.91. The molecule has 20 heteroatoms. The van der Waals surface area contributed by atoms with Gasteiger partial charge in [-0.25, -0.2) is 0 Å². The molecule has 3 N–H and O–H groups in total. The van der Waals surface area contributed by atoms with Gasteiger partial charge in [0, 0.05) is 0 Å². The van der Waals surface area contributed by atoms with Crippen LogP contribution in [0.4, 0.5) is 65.9 Å². The summed E-state index contributed by atoms with van der Waals surface area (Å²) >= 11 is 0. The van der Waals surface area contributed by atoms with Gasteiger partial charge in [0.2, 0.25) is 0 Å². The predicted molar refractivity (Wildman–Crippen MR) is 135 cm³/mol. The van der Waals surface area contributed by atoms with Gasteiger partial charge in [0.05, 0.1) is 26.2 Å². The Labute approximate surface area is 256 Å². The highest BCUT2D eigenvalue weighted by atomic mass is 79.9. The Balaban J connectivity index is -0.000000371. The van der Waals surface area contributed by atoms with E-state index < -0.39 is 47.7 Å². The Hall–Kier alpha value is -1.18. The molecule has 0 fully saturated rings. The first-order valence-corrected chi connectivity index (χ1v) is 13.1. The molecular formula is C24H40BrF15N2O2. The van der Waals surface area contributed by atoms with E-state index in [9.17, 15) is 75.8 Å². The lowest BCUT2D eigenvalue weighted by Gasteiger charge is -2.41. The van der Waals surface area contributed by atoms with E-state index in [4.69, 9.17) is 0 Å². The molecule has 44 heavy (non-hydrogen) atoms. The molecule has 0 unspecified atom stereocenters. The number of hydrogen-bond donors (Lipinski definition) is 1. The van der Waals surface area contributed by atoms with E-state index in [1.165, 1.54) is 82.0 Å². The summed E-state index contributed by atoms with van der Waals surface area (Å²) in [6, 6.07) is 0. The molecule has 0 radical (unpaired) electrons. The van der Waals surface area contributed by atoms with Gasteiger partial charge < -0.3 is 20.5 Å². The van der Waals surface area contributed by atoms with Gasteiger partial charge in [-0.15, -0.1) is 17.0 Å². The van der Waals surface area contributed by atoms with E-state index in [-0.39, 0.29) is 23.1 Å². The first-order valence-electron chi connectivity index (χ1n) is 13.1. The van der Waals surface area contributed by atoms with Crippen LogP contribution in [-0.4, -0.2) is 78.3 Å². The molecular weight excluding hydrogens is 713 g/mol. The van der Waals surface area contributed by atoms with Crippen molar-refractivity contribution in [3.63, 3.8) is 0 Å². The molecule has 4 nitrogen and oxygen atoms in total. The average molecular weight is 753 g/mol. The van der Waals surface area contributed by atoms with Crippen molar-refractivity contribution in [3.05, 3.63) is 0 Å². The van der Waals surface area contributed by atoms with Crippen molar-refractivity contribution in [1.82, 2.24) is 6.15 Å². The Morgan fingerprint density at radius 3 is 0.932 bits per heavy atom. The zero-order valence-corrected chi connectivity index (χ0v) is 26.2. The average Bonchev–Trinajstić information content (AvgIpc) is 2.86. The van der Waals surface area contributed by atoms with Crippen LogP contribution in [0.15, 0.2) is 0 Å². The Morgan fingerprint density at radius 1 is 0.500 bits per heavy atom. The van der Waals surface area contributed by atoms with Crippen molar-refractivity contribution in [2.45, 2.75) is 121 Å². The molecule has 0 aromatic rings. The van der Waals surface area contributed by atoms with Gasteiger partial charge in [-0.2, -0.15) is 65.9 Å². The van der Waals surface area contributed by atoms with Crippen molar-refractivity contribution < 1.29 is 80.2 Å². The van der Waals surface area contributed by atoms with Crippen LogP contribution < -0.4 is 11.3 Å². The molecule has 0 heterocycles. The fraction of sp³-hybridized carbons (Fsp3) is 0.958. The number of carboxylic acids is 1. The number of rotatable bonds is 18. The maximum absolute atomic E-state index is 12.8. The number of carbonyl (C=O) groups is 1. The summed E-state index contributed by atoms with van der Waals surface area (Å²) in [5.74, 6) is -53.3. The number of hydrogen-bond acceptors (Lipinski definition) is 3. The zero-order valence-electron chi connectivity index (χ0n) is 24.5. The van der Waals surface area contributed by atoms with Crippen molar-refractivity contribution in [3.8, 4) is 0 Å². The molecule has 0 atom stereocenters. The molecule has 0 aliphatic rings. The normalized spacial score (nSPS) is 13.8. The number of aliphatic carboxylic acids is 1. The monoisotopic (exact) mass is 752 g/mol. The number of halogens is 16. The van der Waals surface area contributed by atoms with Crippen LogP contribution in [0.3, 0.4) is 0 Å². The van der Waals surface area contributed by atoms with E-state index >= 15 is 0 Å². The number of unbranched alkanes of at least 4 members (excludes halogenated alkanes) is 4. The van der Waals surface area contributed by atoms with Crippen LogP contribution in [0.25, 0.3) is 0 Å². The maximum atomic E-state index is 12.8. The summed E-state index contributed by atoms with van der Waals surface area (Å²) in [6.07, 6.45) is 3.36. The minimum absolute atomic E-state index is 0. The smallest absolute Gasteiger partial charge is 0.460 e. The van der Waals surface area contributed by atoms with Crippen molar-refractivity contribution in [2.75, 3.05) is 26.2 Å². The topological polar surface area (TPSA) is 75.1 Å². The lowest BCUT2D eigenvalue weighted by molar-refractivity contribution is -0.929. The summed E-state index contributed by atoms with van der Waals surface area (Å²) < 4.78 is 188. The number of alkyl halides is 15. The van der Waals surface area contributed by atoms with Crippen LogP contribution in [-0.2, 0) is 4.79 Å². The fourth-order valence-corrected chi connectivity index (χ4v) is 3.74. The predicted octanol–water partition coefficient (Wildman–Crippen LogP) is 8.85. The molecule has 0 aromatic heterocycles. The highest BCUT2D eigenvalue weighted by Gasteiger charge is 2.93. The fourth-order valence-electron chi connectivity index (χ4n) is 3.74. The van der Waals surface area contributed by atoms with Crippen LogP contribution in [0.5, 0.6) is 0 Å². The first-order chi connectivity index (χ1) is 18.7. The van der Waals surface area contributed by atoms with E-state index in [2.05, 4.69) is 27.7 Å². The van der Waals surface area contributed by atoms with Crippen molar-refractivity contribution in [2.24, 2.45) is 0 Å². The molecule has 270 valence electrons. The first kappa shape index (κ1) is 49.7. The standard InChI is InChI=1S/C16H36N.C8HF15O2.BrH.H3N/c1-5-9-13-17(14-10-6-2,15-11-7-3)16-12-8-4;9-2(10,1(24)25)3(11,12)4(13,14)5(15,16)6(17,18)7(19,20)8(21,22)23;;/h5-16H2,1-4H3;(H,24,25);1H;1H3/q+1;;;/p-1. The second-order valence-electron chi connectivity index (χ2n) is 9.88. The summed E-state index contributed by atoms with van der Waals surface area (Å²) in [6.45, 7) is 15.0. The van der Waals surface area contributed by atoms with E-state index in [1.54, 1.807) is 0 Å². The van der Waals surface area contributed by atoms with E-state index in [1.807, 2.05) is 0 Å². The van der Waals surface area contributed by atoms with Crippen molar-refractivity contribution >= 4 is 23.0 Å². The lowest BCUT2D eigenvalue weighted by Crippen LogP contribution is -2.74. The second kappa shape index (κ2) is 18.2. The van der Waals surface area contributed by atoms with Crippen LogP contribution >= 0.6 is 17.0 Å². The third kappa shape index (κ3) is 10.4. The second-order valence-corrected chi connectivity index (χ2v) is 9.88. The SMILES string of the molecule is Br.CCCC[N+](CCCC)(CCCC)CCCC.N.O=C([O-])C(F)(F)C(F)(F)C(F)(F)C(F)(F)C(F)(F)C(F)(F)C(F)(F)F. The Bertz CT molecular complexity index is 788. The summed E-state index contributed by atoms with van der Waals surface area (Å²) in [4.78, 5) is 9.61. The highest BCUT2D eigenvalue weighted by molar-refractivity contribution is 8.93. The molecule has 0 saturated carbocycles. The summed E-state index contributed by atoms with van der Waals surface area (Å²) in [5.41, 5.74) is 0. The number of quaternary nitrogens is 1. The molecule has 0 saturated heterocycles. The van der Waals surface area contributed by atoms with Gasteiger partial charge in [0.25, 0.3) is 0 Å². The number of carbonyl (C=O) groups excluding carboxylic acids is 1. The van der Waals surface area contributed by atoms with Gasteiger partial charge in [0.1, 0.15) is 5.97 Å². The molecule has 0 aliphatic carbocycles. The molecule has 0 bridgehead atoms.